The van der Waals surface area contributed by atoms with Crippen LogP contribution in [-0.4, -0.2) is 68.6 Å². The minimum atomic E-state index is -6.88. The molecule has 0 aromatic heterocycles. The van der Waals surface area contributed by atoms with E-state index in [0.717, 1.165) is 0 Å². The molecule has 0 aliphatic rings. The largest absolute Gasteiger partial charge is 0.454 e. The van der Waals surface area contributed by atoms with Crippen LogP contribution in [0, 0.1) is 0 Å². The van der Waals surface area contributed by atoms with Gasteiger partial charge in [-0.15, -0.1) is 0 Å². The molecule has 0 radical (unpaired) electrons. The molecule has 0 aliphatic heterocycles. The zero-order valence-electron chi connectivity index (χ0n) is 14.8. The first-order valence-corrected chi connectivity index (χ1v) is 7.27. The lowest BCUT2D eigenvalue weighted by atomic mass is 10.2. The maximum atomic E-state index is 12.6. The fourth-order valence-corrected chi connectivity index (χ4v) is 1.18. The number of hydrogen-bond acceptors (Lipinski definition) is 2. The molecule has 3 atom stereocenters. The van der Waals surface area contributed by atoms with Crippen LogP contribution >= 0.6 is 11.6 Å². The van der Waals surface area contributed by atoms with E-state index >= 15 is 0 Å². The SMILES string of the molecule is CF.FC(F)C(F)(OC(F)(C(F)F)C(F)(F)F)C(F)(F)F.FC(F)C(F)(OCCl)C(F)(F)F. The predicted molar refractivity (Wildman–Crippen MR) is 67.6 cm³/mol. The Kier molecular flexibility index (Phi) is 13.9. The number of ether oxygens (including phenoxy) is 2. The Morgan fingerprint density at radius 1 is 0.515 bits per heavy atom. The third-order valence-corrected chi connectivity index (χ3v) is 2.67. The highest BCUT2D eigenvalue weighted by Gasteiger charge is 2.75. The molecule has 0 heterocycles. The third-order valence-electron chi connectivity index (χ3n) is 2.56. The lowest BCUT2D eigenvalue weighted by Gasteiger charge is -2.35. The second-order valence-corrected chi connectivity index (χ2v) is 4.90. The molecule has 0 bridgehead atoms. The maximum Gasteiger partial charge on any atom is 0.454 e. The molecule has 0 N–H and O–H groups in total. The first kappa shape index (κ1) is 36.4. The number of alkyl halides is 20. The van der Waals surface area contributed by atoms with E-state index in [0.29, 0.717) is 7.18 Å². The molecule has 2 nitrogen and oxygen atoms in total. The van der Waals surface area contributed by atoms with Gasteiger partial charge in [0.2, 0.25) is 0 Å². The second kappa shape index (κ2) is 12.5. The molecule has 0 aromatic rings. The zero-order chi connectivity index (χ0) is 27.9. The molecule has 0 aromatic carbocycles. The van der Waals surface area contributed by atoms with Gasteiger partial charge in [-0.2, -0.15) is 52.7 Å². The first-order chi connectivity index (χ1) is 14.3. The van der Waals surface area contributed by atoms with Crippen LogP contribution in [0.15, 0.2) is 0 Å². The standard InChI is InChI=1S/C6H2F12O.C4H3ClF6O.CH3F/c7-1(8)3(11,5(13,14)15)19-4(12,2(9)10)6(16,17)18;5-1-12-3(8,2(6)7)4(9,10)11;1-2/h1-2H;2H,1H2;1H3. The van der Waals surface area contributed by atoms with Crippen LogP contribution in [0.5, 0.6) is 0 Å². The van der Waals surface area contributed by atoms with Gasteiger partial charge in [0, 0.05) is 0 Å². The van der Waals surface area contributed by atoms with Crippen molar-refractivity contribution in [2.24, 2.45) is 0 Å². The summed E-state index contributed by atoms with van der Waals surface area (Å²) in [5.41, 5.74) is 0. The molecule has 0 rings (SSSR count). The van der Waals surface area contributed by atoms with Crippen LogP contribution in [0.4, 0.5) is 83.4 Å². The van der Waals surface area contributed by atoms with Crippen molar-refractivity contribution in [3.8, 4) is 0 Å². The van der Waals surface area contributed by atoms with Gasteiger partial charge in [-0.05, 0) is 0 Å². The Hall–Kier alpha value is -1.12. The van der Waals surface area contributed by atoms with E-state index in [-0.39, 0.29) is 0 Å². The minimum absolute atomic E-state index is 0.500. The van der Waals surface area contributed by atoms with E-state index in [4.69, 9.17) is 0 Å². The van der Waals surface area contributed by atoms with Crippen molar-refractivity contribution in [2.45, 2.75) is 55.4 Å². The van der Waals surface area contributed by atoms with E-state index in [9.17, 15) is 83.4 Å². The monoisotopic (exact) mass is 568 g/mol. The van der Waals surface area contributed by atoms with Gasteiger partial charge in [-0.25, -0.2) is 26.3 Å². The Balaban J connectivity index is -0.000000553. The Morgan fingerprint density at radius 2 is 0.727 bits per heavy atom. The summed E-state index contributed by atoms with van der Waals surface area (Å²) in [4.78, 5) is 0. The first-order valence-electron chi connectivity index (χ1n) is 6.74. The lowest BCUT2D eigenvalue weighted by molar-refractivity contribution is -0.470. The average molecular weight is 569 g/mol. The number of halogens is 20. The van der Waals surface area contributed by atoms with E-state index < -0.39 is 61.4 Å². The van der Waals surface area contributed by atoms with Gasteiger partial charge in [-0.3, -0.25) is 9.13 Å². The molecule has 0 fully saturated rings. The summed E-state index contributed by atoms with van der Waals surface area (Å²) in [5, 5.41) is 0. The quantitative estimate of drug-likeness (QED) is 0.238. The molecular weight excluding hydrogens is 561 g/mol. The van der Waals surface area contributed by atoms with Crippen LogP contribution in [0.3, 0.4) is 0 Å². The van der Waals surface area contributed by atoms with Crippen LogP contribution < -0.4 is 0 Å². The molecule has 0 aliphatic carbocycles. The summed E-state index contributed by atoms with van der Waals surface area (Å²) >= 11 is 4.54. The molecule has 204 valence electrons. The summed E-state index contributed by atoms with van der Waals surface area (Å²) in [5.74, 6) is -18.1. The predicted octanol–water partition coefficient (Wildman–Crippen LogP) is 7.27. The Bertz CT molecular complexity index is 517. The maximum absolute atomic E-state index is 12.6. The Morgan fingerprint density at radius 3 is 0.818 bits per heavy atom. The van der Waals surface area contributed by atoms with Crippen molar-refractivity contribution in [3.05, 3.63) is 0 Å². The summed E-state index contributed by atoms with van der Waals surface area (Å²) in [6, 6.07) is -1.31. The van der Waals surface area contributed by atoms with Crippen LogP contribution in [0.25, 0.3) is 0 Å². The summed E-state index contributed by atoms with van der Waals surface area (Å²) in [6.07, 6.45) is -34.6. The van der Waals surface area contributed by atoms with E-state index in [1.54, 1.807) is 4.74 Å². The molecule has 0 saturated carbocycles. The molecule has 33 heavy (non-hydrogen) atoms. The highest BCUT2D eigenvalue weighted by Crippen LogP contribution is 2.49. The fourth-order valence-electron chi connectivity index (χ4n) is 1.02. The van der Waals surface area contributed by atoms with E-state index in [1.807, 2.05) is 0 Å². The topological polar surface area (TPSA) is 18.5 Å². The summed E-state index contributed by atoms with van der Waals surface area (Å²) in [7, 11) is 0.500. The van der Waals surface area contributed by atoms with Gasteiger partial charge >= 0.3 is 55.4 Å². The molecule has 0 spiro atoms. The smallest absolute Gasteiger partial charge is 0.318 e. The summed E-state index contributed by atoms with van der Waals surface area (Å²) in [6.45, 7) is 0. The van der Waals surface area contributed by atoms with E-state index in [1.165, 1.54) is 0 Å². The number of rotatable bonds is 7. The van der Waals surface area contributed by atoms with Crippen LogP contribution in [0.1, 0.15) is 0 Å². The molecular formula is C11H8ClF19O2. The van der Waals surface area contributed by atoms with Crippen molar-refractivity contribution < 1.29 is 92.9 Å². The third kappa shape index (κ3) is 8.87. The van der Waals surface area contributed by atoms with Crippen molar-refractivity contribution in [2.75, 3.05) is 13.2 Å². The van der Waals surface area contributed by atoms with Gasteiger partial charge in [-0.1, -0.05) is 11.6 Å². The molecule has 0 amide bonds. The highest BCUT2D eigenvalue weighted by molar-refractivity contribution is 6.17. The van der Waals surface area contributed by atoms with E-state index in [2.05, 4.69) is 16.3 Å². The van der Waals surface area contributed by atoms with Gasteiger partial charge in [0.15, 0.2) is 0 Å². The second-order valence-electron chi connectivity index (χ2n) is 4.69. The summed E-state index contributed by atoms with van der Waals surface area (Å²) < 4.78 is 227. The molecule has 3 unspecified atom stereocenters. The zero-order valence-corrected chi connectivity index (χ0v) is 15.6. The minimum Gasteiger partial charge on any atom is -0.318 e. The number of hydrogen-bond donors (Lipinski definition) is 0. The van der Waals surface area contributed by atoms with Gasteiger partial charge in [0.05, 0.1) is 7.18 Å². The van der Waals surface area contributed by atoms with Gasteiger partial charge in [0.1, 0.15) is 6.07 Å². The highest BCUT2D eigenvalue weighted by atomic mass is 35.5. The van der Waals surface area contributed by atoms with Crippen molar-refractivity contribution in [3.63, 3.8) is 0 Å². The van der Waals surface area contributed by atoms with Gasteiger partial charge in [0.25, 0.3) is 0 Å². The molecule has 0 saturated heterocycles. The van der Waals surface area contributed by atoms with Crippen LogP contribution in [-0.2, 0) is 9.47 Å². The van der Waals surface area contributed by atoms with Crippen molar-refractivity contribution in [1.82, 2.24) is 0 Å². The molecule has 22 heteroatoms. The normalized spacial score (nSPS) is 18.5. The van der Waals surface area contributed by atoms with Crippen molar-refractivity contribution in [1.29, 1.82) is 0 Å². The fraction of sp³-hybridized carbons (Fsp3) is 1.00. The Labute approximate surface area is 174 Å². The van der Waals surface area contributed by atoms with Gasteiger partial charge < -0.3 is 4.74 Å². The van der Waals surface area contributed by atoms with Crippen LogP contribution in [0.2, 0.25) is 0 Å². The van der Waals surface area contributed by atoms with Crippen molar-refractivity contribution >= 4 is 11.6 Å². The lowest BCUT2D eigenvalue weighted by Crippen LogP contribution is -2.61. The average Bonchev–Trinajstić information content (AvgIpc) is 2.60.